The summed E-state index contributed by atoms with van der Waals surface area (Å²) in [6.07, 6.45) is -1.47. The highest BCUT2D eigenvalue weighted by Gasteiger charge is 2.28. The Morgan fingerprint density at radius 2 is 1.78 bits per heavy atom. The third-order valence-corrected chi connectivity index (χ3v) is 3.70. The molecule has 1 aromatic rings. The Bertz CT molecular complexity index is 620. The number of carboxylic acid groups (broad SMARTS) is 1. The predicted octanol–water partition coefficient (Wildman–Crippen LogP) is 1.27. The van der Waals surface area contributed by atoms with E-state index >= 15 is 0 Å². The third kappa shape index (κ3) is 8.08. The number of urea groups is 1. The van der Waals surface area contributed by atoms with Crippen molar-refractivity contribution in [2.45, 2.75) is 39.3 Å². The summed E-state index contributed by atoms with van der Waals surface area (Å²) < 4.78 is 5.04. The molecule has 0 fully saturated rings. The highest BCUT2D eigenvalue weighted by Crippen LogP contribution is 2.07. The maximum atomic E-state index is 12.6. The minimum atomic E-state index is -1.70. The molecule has 0 aliphatic rings. The second-order valence-electron chi connectivity index (χ2n) is 6.60. The van der Waals surface area contributed by atoms with Gasteiger partial charge in [-0.2, -0.15) is 0 Å². The highest BCUT2D eigenvalue weighted by atomic mass is 16.5. The van der Waals surface area contributed by atoms with E-state index in [2.05, 4.69) is 5.32 Å². The van der Waals surface area contributed by atoms with Gasteiger partial charge in [-0.1, -0.05) is 44.2 Å². The van der Waals surface area contributed by atoms with Crippen molar-refractivity contribution in [3.8, 4) is 0 Å². The molecule has 27 heavy (non-hydrogen) atoms. The summed E-state index contributed by atoms with van der Waals surface area (Å²) in [5.74, 6) is -1.94. The molecule has 0 bridgehead atoms. The van der Waals surface area contributed by atoms with Gasteiger partial charge in [0.15, 0.2) is 6.10 Å². The number of rotatable bonds is 10. The first-order valence-electron chi connectivity index (χ1n) is 8.91. The van der Waals surface area contributed by atoms with Crippen molar-refractivity contribution in [2.75, 3.05) is 19.7 Å². The molecule has 2 atom stereocenters. The Labute approximate surface area is 159 Å². The molecular formula is C19H28N2O6. The van der Waals surface area contributed by atoms with Crippen LogP contribution in [0, 0.1) is 5.92 Å². The van der Waals surface area contributed by atoms with Gasteiger partial charge in [-0.25, -0.2) is 14.4 Å². The van der Waals surface area contributed by atoms with E-state index in [9.17, 15) is 19.5 Å². The van der Waals surface area contributed by atoms with E-state index in [0.29, 0.717) is 0 Å². The van der Waals surface area contributed by atoms with Crippen molar-refractivity contribution < 1.29 is 29.3 Å². The van der Waals surface area contributed by atoms with E-state index in [-0.39, 0.29) is 32.0 Å². The minimum absolute atomic E-state index is 0.0481. The van der Waals surface area contributed by atoms with Gasteiger partial charge in [0.1, 0.15) is 6.04 Å². The molecule has 2 amide bonds. The summed E-state index contributed by atoms with van der Waals surface area (Å²) in [7, 11) is 0. The summed E-state index contributed by atoms with van der Waals surface area (Å²) >= 11 is 0. The molecule has 0 saturated heterocycles. The molecule has 1 unspecified atom stereocenters. The number of hydrogen-bond acceptors (Lipinski definition) is 5. The number of aliphatic hydroxyl groups is 1. The first kappa shape index (κ1) is 22.4. The number of hydrogen-bond donors (Lipinski definition) is 3. The molecule has 0 aliphatic heterocycles. The Morgan fingerprint density at radius 3 is 2.30 bits per heavy atom. The van der Waals surface area contributed by atoms with Gasteiger partial charge in [-0.3, -0.25) is 0 Å². The largest absolute Gasteiger partial charge is 0.479 e. The average Bonchev–Trinajstić information content (AvgIpc) is 2.61. The number of carboxylic acids is 1. The molecule has 0 heterocycles. The number of carbonyl (C=O) groups is 3. The highest BCUT2D eigenvalue weighted by molar-refractivity contribution is 5.84. The Hall–Kier alpha value is -2.61. The summed E-state index contributed by atoms with van der Waals surface area (Å²) in [6, 6.07) is 7.62. The Kier molecular flexibility index (Phi) is 9.29. The van der Waals surface area contributed by atoms with Gasteiger partial charge < -0.3 is 25.2 Å². The lowest BCUT2D eigenvalue weighted by atomic mass is 10.1. The predicted molar refractivity (Wildman–Crippen MR) is 99.2 cm³/mol. The normalized spacial score (nSPS) is 12.9. The fourth-order valence-corrected chi connectivity index (χ4v) is 2.49. The van der Waals surface area contributed by atoms with Gasteiger partial charge in [0, 0.05) is 13.0 Å². The standard InChI is InChI=1S/C19H28N2O6/c1-4-27-18(25)15(10-14-8-6-5-7-9-14)20-19(26)21(11-13(2)3)12-16(22)17(23)24/h5-9,13,15-16,22H,4,10-12H2,1-3H3,(H,20,26)(H,23,24)/t15-,16?/m0/s1. The van der Waals surface area contributed by atoms with Crippen LogP contribution >= 0.6 is 0 Å². The topological polar surface area (TPSA) is 116 Å². The number of amides is 2. The fraction of sp³-hybridized carbons (Fsp3) is 0.526. The molecule has 150 valence electrons. The molecule has 0 aromatic heterocycles. The molecule has 8 heteroatoms. The van der Waals surface area contributed by atoms with E-state index in [1.54, 1.807) is 6.92 Å². The van der Waals surface area contributed by atoms with Crippen molar-refractivity contribution in [1.29, 1.82) is 0 Å². The monoisotopic (exact) mass is 380 g/mol. The number of aliphatic carboxylic acids is 1. The number of nitrogens with zero attached hydrogens (tertiary/aromatic N) is 1. The van der Waals surface area contributed by atoms with Crippen LogP contribution in [-0.4, -0.2) is 64.9 Å². The van der Waals surface area contributed by atoms with Crippen molar-refractivity contribution in [1.82, 2.24) is 10.2 Å². The SMILES string of the molecule is CCOC(=O)[C@H](Cc1ccccc1)NC(=O)N(CC(C)C)CC(O)C(=O)O. The minimum Gasteiger partial charge on any atom is -0.479 e. The molecule has 0 radical (unpaired) electrons. The van der Waals surface area contributed by atoms with Gasteiger partial charge >= 0.3 is 18.0 Å². The molecule has 0 spiro atoms. The molecule has 3 N–H and O–H groups in total. The van der Waals surface area contributed by atoms with Crippen LogP contribution in [0.15, 0.2) is 30.3 Å². The van der Waals surface area contributed by atoms with E-state index in [0.717, 1.165) is 5.56 Å². The Balaban J connectivity index is 2.91. The van der Waals surface area contributed by atoms with Gasteiger partial charge in [-0.15, -0.1) is 0 Å². The lowest BCUT2D eigenvalue weighted by Gasteiger charge is -2.28. The second kappa shape index (κ2) is 11.2. The maximum absolute atomic E-state index is 12.6. The van der Waals surface area contributed by atoms with Crippen LogP contribution in [0.2, 0.25) is 0 Å². The van der Waals surface area contributed by atoms with E-state index in [4.69, 9.17) is 9.84 Å². The van der Waals surface area contributed by atoms with Crippen molar-refractivity contribution in [2.24, 2.45) is 5.92 Å². The number of aliphatic hydroxyl groups excluding tert-OH is 1. The molecule has 0 saturated carbocycles. The second-order valence-corrected chi connectivity index (χ2v) is 6.60. The first-order valence-corrected chi connectivity index (χ1v) is 8.91. The molecule has 8 nitrogen and oxygen atoms in total. The number of carbonyl (C=O) groups excluding carboxylic acids is 2. The average molecular weight is 380 g/mol. The number of nitrogens with one attached hydrogen (secondary N) is 1. The quantitative estimate of drug-likeness (QED) is 0.527. The zero-order chi connectivity index (χ0) is 20.4. The van der Waals surface area contributed by atoms with Crippen LogP contribution in [0.5, 0.6) is 0 Å². The lowest BCUT2D eigenvalue weighted by molar-refractivity contribution is -0.148. The molecule has 1 aromatic carbocycles. The number of esters is 1. The van der Waals surface area contributed by atoms with Gasteiger partial charge in [0.05, 0.1) is 13.2 Å². The first-order chi connectivity index (χ1) is 12.7. The van der Waals surface area contributed by atoms with Crippen LogP contribution in [0.4, 0.5) is 4.79 Å². The summed E-state index contributed by atoms with van der Waals surface area (Å²) in [5, 5.41) is 21.1. The summed E-state index contributed by atoms with van der Waals surface area (Å²) in [5.41, 5.74) is 0.844. The van der Waals surface area contributed by atoms with Crippen LogP contribution in [0.3, 0.4) is 0 Å². The molecule has 0 aliphatic carbocycles. The van der Waals surface area contributed by atoms with E-state index < -0.39 is 30.1 Å². The Morgan fingerprint density at radius 1 is 1.15 bits per heavy atom. The smallest absolute Gasteiger partial charge is 0.334 e. The fourth-order valence-electron chi connectivity index (χ4n) is 2.49. The van der Waals surface area contributed by atoms with Gasteiger partial charge in [-0.05, 0) is 18.4 Å². The van der Waals surface area contributed by atoms with Crippen molar-refractivity contribution in [3.05, 3.63) is 35.9 Å². The number of ether oxygens (including phenoxy) is 1. The molecular weight excluding hydrogens is 352 g/mol. The maximum Gasteiger partial charge on any atom is 0.334 e. The van der Waals surface area contributed by atoms with Crippen LogP contribution in [-0.2, 0) is 20.7 Å². The van der Waals surface area contributed by atoms with E-state index in [1.807, 2.05) is 44.2 Å². The van der Waals surface area contributed by atoms with Gasteiger partial charge in [0.25, 0.3) is 0 Å². The van der Waals surface area contributed by atoms with Crippen LogP contribution in [0.25, 0.3) is 0 Å². The van der Waals surface area contributed by atoms with Crippen molar-refractivity contribution in [3.63, 3.8) is 0 Å². The van der Waals surface area contributed by atoms with Crippen LogP contribution < -0.4 is 5.32 Å². The lowest BCUT2D eigenvalue weighted by Crippen LogP contribution is -2.52. The zero-order valence-electron chi connectivity index (χ0n) is 15.9. The van der Waals surface area contributed by atoms with E-state index in [1.165, 1.54) is 4.90 Å². The van der Waals surface area contributed by atoms with Crippen molar-refractivity contribution >= 4 is 18.0 Å². The van der Waals surface area contributed by atoms with Crippen LogP contribution in [0.1, 0.15) is 26.3 Å². The number of benzene rings is 1. The third-order valence-electron chi connectivity index (χ3n) is 3.70. The van der Waals surface area contributed by atoms with Gasteiger partial charge in [0.2, 0.25) is 0 Å². The summed E-state index contributed by atoms with van der Waals surface area (Å²) in [4.78, 5) is 37.0. The summed E-state index contributed by atoms with van der Waals surface area (Å²) in [6.45, 7) is 5.43. The molecule has 1 rings (SSSR count). The zero-order valence-corrected chi connectivity index (χ0v) is 15.9.